The van der Waals surface area contributed by atoms with Crippen LogP contribution < -0.4 is 5.32 Å². The molecule has 29 heavy (non-hydrogen) atoms. The number of benzene rings is 1. The molecule has 8 heteroatoms. The van der Waals surface area contributed by atoms with E-state index in [-0.39, 0.29) is 38.1 Å². The fourth-order valence-corrected chi connectivity index (χ4v) is 4.96. The van der Waals surface area contributed by atoms with Gasteiger partial charge in [0.15, 0.2) is 0 Å². The third-order valence-electron chi connectivity index (χ3n) is 4.15. The average molecular weight is 423 g/mol. The molecule has 0 aliphatic rings. The molecular formula is C21H30NO6P. The second kappa shape index (κ2) is 12.3. The van der Waals surface area contributed by atoms with Crippen LogP contribution in [0.2, 0.25) is 0 Å². The molecular weight excluding hydrogens is 393 g/mol. The Labute approximate surface area is 172 Å². The monoisotopic (exact) mass is 423 g/mol. The minimum Gasteiger partial charge on any atom is -0.466 e. The summed E-state index contributed by atoms with van der Waals surface area (Å²) in [4.78, 5) is 35.0. The summed E-state index contributed by atoms with van der Waals surface area (Å²) in [6, 6.07) is 9.10. The minimum atomic E-state index is -3.98. The highest BCUT2D eigenvalue weighted by Crippen LogP contribution is 2.49. The van der Waals surface area contributed by atoms with E-state index in [9.17, 15) is 19.0 Å². The highest BCUT2D eigenvalue weighted by atomic mass is 31.2. The summed E-state index contributed by atoms with van der Waals surface area (Å²) in [6.07, 6.45) is 4.37. The maximum Gasteiger partial charge on any atom is 0.408 e. The smallest absolute Gasteiger partial charge is 0.408 e. The topological polar surface area (TPSA) is 102 Å². The number of carbonyl (C=O) groups excluding carboxylic acids is 2. The van der Waals surface area contributed by atoms with Crippen LogP contribution >= 0.6 is 7.37 Å². The standard InChI is InChI=1S/C21H30NO6P/c1-5-10-18(20(23)27-6-2)15-29(25,26)19(13-16(3)4)22-21(24)28-14-17-11-8-7-9-12-17/h1,7-9,11-12,16,18-19H,6,10,13-15H2,2-4H3,(H,22,24)(H,25,26)/t18-,19+/m1/s1. The van der Waals surface area contributed by atoms with Crippen molar-refractivity contribution in [2.24, 2.45) is 11.8 Å². The molecule has 0 fully saturated rings. The first-order valence-corrected chi connectivity index (χ1v) is 11.5. The predicted octanol–water partition coefficient (Wildman–Crippen LogP) is 3.76. The highest BCUT2D eigenvalue weighted by molar-refractivity contribution is 7.58. The zero-order valence-electron chi connectivity index (χ0n) is 17.2. The summed E-state index contributed by atoms with van der Waals surface area (Å²) in [7, 11) is -3.98. The van der Waals surface area contributed by atoms with Gasteiger partial charge in [0.2, 0.25) is 7.37 Å². The first-order chi connectivity index (χ1) is 13.7. The number of hydrogen-bond acceptors (Lipinski definition) is 5. The van der Waals surface area contributed by atoms with E-state index in [0.29, 0.717) is 0 Å². The minimum absolute atomic E-state index is 0.0176. The number of ether oxygens (including phenoxy) is 2. The second-order valence-electron chi connectivity index (χ2n) is 7.15. The fraction of sp³-hybridized carbons (Fsp3) is 0.524. The number of alkyl carbamates (subject to hydrolysis) is 1. The van der Waals surface area contributed by atoms with E-state index in [0.717, 1.165) is 5.56 Å². The lowest BCUT2D eigenvalue weighted by molar-refractivity contribution is -0.147. The molecule has 7 nitrogen and oxygen atoms in total. The van der Waals surface area contributed by atoms with Crippen molar-refractivity contribution < 1.29 is 28.5 Å². The van der Waals surface area contributed by atoms with Gasteiger partial charge in [0.05, 0.1) is 12.5 Å². The Kier molecular flexibility index (Phi) is 10.5. The van der Waals surface area contributed by atoms with Gasteiger partial charge in [-0.3, -0.25) is 9.36 Å². The number of amides is 1. The van der Waals surface area contributed by atoms with E-state index < -0.39 is 31.1 Å². The number of esters is 1. The molecule has 0 aliphatic heterocycles. The van der Waals surface area contributed by atoms with Crippen molar-refractivity contribution >= 4 is 19.4 Å². The summed E-state index contributed by atoms with van der Waals surface area (Å²) in [5.74, 6) is -0.206. The van der Waals surface area contributed by atoms with E-state index in [2.05, 4.69) is 11.2 Å². The molecule has 2 N–H and O–H groups in total. The Morgan fingerprint density at radius 2 is 1.90 bits per heavy atom. The van der Waals surface area contributed by atoms with Crippen LogP contribution in [0.5, 0.6) is 0 Å². The molecule has 0 heterocycles. The number of carbonyl (C=O) groups is 2. The molecule has 1 amide bonds. The highest BCUT2D eigenvalue weighted by Gasteiger charge is 2.38. The Bertz CT molecular complexity index is 743. The van der Waals surface area contributed by atoms with Crippen molar-refractivity contribution in [2.75, 3.05) is 12.8 Å². The third kappa shape index (κ3) is 9.17. The zero-order valence-corrected chi connectivity index (χ0v) is 18.1. The maximum atomic E-state index is 13.1. The van der Waals surface area contributed by atoms with Gasteiger partial charge in [0, 0.05) is 12.6 Å². The van der Waals surface area contributed by atoms with Crippen molar-refractivity contribution in [3.63, 3.8) is 0 Å². The molecule has 0 spiro atoms. The molecule has 1 aromatic carbocycles. The Morgan fingerprint density at radius 1 is 1.24 bits per heavy atom. The van der Waals surface area contributed by atoms with Gasteiger partial charge in [0.1, 0.15) is 12.4 Å². The summed E-state index contributed by atoms with van der Waals surface area (Å²) in [5, 5.41) is 2.50. The number of hydrogen-bond donors (Lipinski definition) is 2. The van der Waals surface area contributed by atoms with Crippen LogP contribution in [0, 0.1) is 24.2 Å². The molecule has 0 saturated carbocycles. The zero-order chi connectivity index (χ0) is 21.9. The van der Waals surface area contributed by atoms with Crippen LogP contribution in [0.1, 0.15) is 39.2 Å². The SMILES string of the molecule is C#CC[C@H](CP(=O)(O)[C@@H](CC(C)C)NC(=O)OCc1ccccc1)C(=O)OCC. The van der Waals surface area contributed by atoms with E-state index in [1.54, 1.807) is 19.1 Å². The average Bonchev–Trinajstić information content (AvgIpc) is 2.66. The van der Waals surface area contributed by atoms with Crippen molar-refractivity contribution in [3.05, 3.63) is 35.9 Å². The Balaban J connectivity index is 2.84. The lowest BCUT2D eigenvalue weighted by Crippen LogP contribution is -2.38. The normalized spacial score (nSPS) is 14.9. The summed E-state index contributed by atoms with van der Waals surface area (Å²) in [6.45, 7) is 5.58. The summed E-state index contributed by atoms with van der Waals surface area (Å²) < 4.78 is 23.2. The Hall–Kier alpha value is -2.29. The fourth-order valence-electron chi connectivity index (χ4n) is 2.74. The van der Waals surface area contributed by atoms with Crippen LogP contribution in [0.25, 0.3) is 0 Å². The molecule has 0 aromatic heterocycles. The molecule has 1 aromatic rings. The first kappa shape index (κ1) is 24.7. The van der Waals surface area contributed by atoms with Gasteiger partial charge in [-0.1, -0.05) is 44.2 Å². The predicted molar refractivity (Wildman–Crippen MR) is 111 cm³/mol. The molecule has 1 rings (SSSR count). The number of rotatable bonds is 11. The van der Waals surface area contributed by atoms with Crippen molar-refractivity contribution in [3.8, 4) is 12.3 Å². The molecule has 0 aliphatic carbocycles. The van der Waals surface area contributed by atoms with E-state index in [4.69, 9.17) is 15.9 Å². The molecule has 0 saturated heterocycles. The van der Waals surface area contributed by atoms with Gasteiger partial charge < -0.3 is 19.7 Å². The summed E-state index contributed by atoms with van der Waals surface area (Å²) >= 11 is 0. The first-order valence-electron chi connectivity index (χ1n) is 9.58. The van der Waals surface area contributed by atoms with Crippen LogP contribution in [-0.4, -0.2) is 35.5 Å². The second-order valence-corrected chi connectivity index (χ2v) is 9.65. The van der Waals surface area contributed by atoms with Crippen LogP contribution in [0.3, 0.4) is 0 Å². The van der Waals surface area contributed by atoms with Gasteiger partial charge in [-0.05, 0) is 24.8 Å². The van der Waals surface area contributed by atoms with Crippen molar-refractivity contribution in [1.82, 2.24) is 5.32 Å². The molecule has 1 unspecified atom stereocenters. The van der Waals surface area contributed by atoms with E-state index in [1.165, 1.54) is 0 Å². The number of terminal acetylenes is 1. The maximum absolute atomic E-state index is 13.1. The summed E-state index contributed by atoms with van der Waals surface area (Å²) in [5.41, 5.74) is 0.798. The molecule has 3 atom stereocenters. The van der Waals surface area contributed by atoms with Gasteiger partial charge in [-0.25, -0.2) is 4.79 Å². The van der Waals surface area contributed by atoms with Gasteiger partial charge in [-0.2, -0.15) is 0 Å². The lowest BCUT2D eigenvalue weighted by atomic mass is 10.1. The van der Waals surface area contributed by atoms with Crippen LogP contribution in [0.4, 0.5) is 4.79 Å². The third-order valence-corrected chi connectivity index (χ3v) is 6.42. The van der Waals surface area contributed by atoms with Crippen LogP contribution in [0.15, 0.2) is 30.3 Å². The lowest BCUT2D eigenvalue weighted by Gasteiger charge is -2.27. The largest absolute Gasteiger partial charge is 0.466 e. The van der Waals surface area contributed by atoms with Crippen LogP contribution in [-0.2, 0) is 25.4 Å². The molecule has 0 bridgehead atoms. The number of nitrogens with one attached hydrogen (secondary N) is 1. The van der Waals surface area contributed by atoms with Crippen molar-refractivity contribution in [2.45, 2.75) is 46.0 Å². The quantitative estimate of drug-likeness (QED) is 0.319. The van der Waals surface area contributed by atoms with E-state index in [1.807, 2.05) is 32.0 Å². The molecule has 0 radical (unpaired) electrons. The van der Waals surface area contributed by atoms with E-state index >= 15 is 0 Å². The van der Waals surface area contributed by atoms with Gasteiger partial charge >= 0.3 is 12.1 Å². The van der Waals surface area contributed by atoms with Gasteiger partial charge in [0.25, 0.3) is 0 Å². The van der Waals surface area contributed by atoms with Gasteiger partial charge in [-0.15, -0.1) is 12.3 Å². The Morgan fingerprint density at radius 3 is 2.45 bits per heavy atom. The molecule has 160 valence electrons. The van der Waals surface area contributed by atoms with Crippen molar-refractivity contribution in [1.29, 1.82) is 0 Å².